The van der Waals surface area contributed by atoms with Crippen molar-refractivity contribution in [3.63, 3.8) is 0 Å². The molecule has 0 bridgehead atoms. The minimum absolute atomic E-state index is 0.302. The van der Waals surface area contributed by atoms with Gasteiger partial charge in [0.15, 0.2) is 11.2 Å². The number of imidazole rings is 1. The van der Waals surface area contributed by atoms with Crippen molar-refractivity contribution in [1.29, 1.82) is 0 Å². The predicted molar refractivity (Wildman–Crippen MR) is 121 cm³/mol. The maximum absolute atomic E-state index is 12.6. The molecule has 0 aliphatic carbocycles. The highest BCUT2D eigenvalue weighted by atomic mass is 16.5. The van der Waals surface area contributed by atoms with Crippen LogP contribution in [0.25, 0.3) is 11.2 Å². The fourth-order valence-corrected chi connectivity index (χ4v) is 4.60. The molecule has 166 valence electrons. The number of nitrogens with zero attached hydrogens (tertiary/aromatic N) is 4. The SMILES string of the molecule is CCCCn1c(=O)[nH]c(=O)c2c1nc(CN1CCC[C@@H]1c1ccc(OC)cc1)n2CC. The number of aromatic amines is 1. The van der Waals surface area contributed by atoms with Gasteiger partial charge in [0.2, 0.25) is 0 Å². The lowest BCUT2D eigenvalue weighted by atomic mass is 10.0. The molecule has 1 saturated heterocycles. The third kappa shape index (κ3) is 4.04. The number of benzene rings is 1. The van der Waals surface area contributed by atoms with E-state index in [-0.39, 0.29) is 11.2 Å². The first-order chi connectivity index (χ1) is 15.1. The standard InChI is InChI=1S/C23H31N5O3/c1-4-6-14-28-21-20(22(29)25-23(28)30)27(5-2)19(24-21)15-26-13-7-8-18(26)16-9-11-17(31-3)12-10-16/h9-12,18H,4-8,13-15H2,1-3H3,(H,25,29,30)/t18-/m1/s1. The zero-order chi connectivity index (χ0) is 22.0. The van der Waals surface area contributed by atoms with E-state index >= 15 is 0 Å². The number of nitrogens with one attached hydrogen (secondary N) is 1. The van der Waals surface area contributed by atoms with Crippen LogP contribution in [-0.2, 0) is 19.6 Å². The summed E-state index contributed by atoms with van der Waals surface area (Å²) in [6, 6.07) is 8.55. The van der Waals surface area contributed by atoms with Crippen LogP contribution in [0, 0.1) is 0 Å². The molecule has 2 aromatic heterocycles. The second kappa shape index (κ2) is 9.09. The Hall–Kier alpha value is -2.87. The second-order valence-electron chi connectivity index (χ2n) is 8.11. The highest BCUT2D eigenvalue weighted by Crippen LogP contribution is 2.34. The summed E-state index contributed by atoms with van der Waals surface area (Å²) in [5.41, 5.74) is 1.51. The number of rotatable bonds is 8. The molecule has 3 heterocycles. The number of aromatic nitrogens is 4. The van der Waals surface area contributed by atoms with Gasteiger partial charge in [0.25, 0.3) is 5.56 Å². The van der Waals surface area contributed by atoms with Crippen LogP contribution in [-0.4, -0.2) is 37.7 Å². The van der Waals surface area contributed by atoms with Gasteiger partial charge in [0.1, 0.15) is 11.6 Å². The number of H-pyrrole nitrogens is 1. The second-order valence-corrected chi connectivity index (χ2v) is 8.11. The zero-order valence-electron chi connectivity index (χ0n) is 18.6. The first-order valence-corrected chi connectivity index (χ1v) is 11.2. The summed E-state index contributed by atoms with van der Waals surface area (Å²) in [7, 11) is 1.67. The fourth-order valence-electron chi connectivity index (χ4n) is 4.60. The van der Waals surface area contributed by atoms with E-state index in [4.69, 9.17) is 9.72 Å². The Morgan fingerprint density at radius 2 is 1.94 bits per heavy atom. The first kappa shape index (κ1) is 21.4. The molecule has 8 heteroatoms. The number of likely N-dealkylation sites (tertiary alicyclic amines) is 1. The maximum atomic E-state index is 12.6. The van der Waals surface area contributed by atoms with Crippen molar-refractivity contribution in [2.75, 3.05) is 13.7 Å². The maximum Gasteiger partial charge on any atom is 0.330 e. The molecule has 0 spiro atoms. The number of hydrogen-bond acceptors (Lipinski definition) is 5. The van der Waals surface area contributed by atoms with Crippen LogP contribution in [0.2, 0.25) is 0 Å². The van der Waals surface area contributed by atoms with Gasteiger partial charge in [-0.3, -0.25) is 19.2 Å². The van der Waals surface area contributed by atoms with Gasteiger partial charge in [-0.05, 0) is 50.4 Å². The Balaban J connectivity index is 1.71. The smallest absolute Gasteiger partial charge is 0.330 e. The number of unbranched alkanes of at least 4 members (excludes halogenated alkanes) is 1. The van der Waals surface area contributed by atoms with Gasteiger partial charge in [0, 0.05) is 19.1 Å². The molecule has 0 saturated carbocycles. The van der Waals surface area contributed by atoms with Gasteiger partial charge in [-0.2, -0.15) is 0 Å². The van der Waals surface area contributed by atoms with Crippen molar-refractivity contribution in [2.45, 2.75) is 65.2 Å². The lowest BCUT2D eigenvalue weighted by molar-refractivity contribution is 0.239. The van der Waals surface area contributed by atoms with Gasteiger partial charge >= 0.3 is 5.69 Å². The van der Waals surface area contributed by atoms with Crippen molar-refractivity contribution >= 4 is 11.2 Å². The number of hydrogen-bond donors (Lipinski definition) is 1. The van der Waals surface area contributed by atoms with Crippen LogP contribution in [0.15, 0.2) is 33.9 Å². The molecule has 1 fully saturated rings. The molecule has 31 heavy (non-hydrogen) atoms. The normalized spacial score (nSPS) is 16.9. The molecule has 0 radical (unpaired) electrons. The Bertz CT molecular complexity index is 1160. The molecule has 1 aromatic carbocycles. The topological polar surface area (TPSA) is 85.2 Å². The summed E-state index contributed by atoms with van der Waals surface area (Å²) < 4.78 is 8.86. The van der Waals surface area contributed by atoms with Gasteiger partial charge in [-0.25, -0.2) is 9.78 Å². The Kier molecular flexibility index (Phi) is 6.27. The van der Waals surface area contributed by atoms with Crippen molar-refractivity contribution < 1.29 is 4.74 Å². The molecule has 0 amide bonds. The van der Waals surface area contributed by atoms with Crippen LogP contribution >= 0.6 is 0 Å². The van der Waals surface area contributed by atoms with E-state index in [1.807, 2.05) is 23.6 Å². The van der Waals surface area contributed by atoms with Crippen molar-refractivity contribution in [3.05, 3.63) is 56.5 Å². The third-order valence-electron chi connectivity index (χ3n) is 6.22. The van der Waals surface area contributed by atoms with Gasteiger partial charge in [-0.1, -0.05) is 25.5 Å². The average Bonchev–Trinajstić information content (AvgIpc) is 3.38. The molecule has 1 aliphatic heterocycles. The Labute approximate surface area is 181 Å². The summed E-state index contributed by atoms with van der Waals surface area (Å²) in [4.78, 5) is 34.8. The van der Waals surface area contributed by atoms with Crippen molar-refractivity contribution in [3.8, 4) is 5.75 Å². The zero-order valence-corrected chi connectivity index (χ0v) is 18.6. The van der Waals surface area contributed by atoms with Crippen LogP contribution in [0.1, 0.15) is 57.0 Å². The van der Waals surface area contributed by atoms with Gasteiger partial charge in [0.05, 0.1) is 13.7 Å². The van der Waals surface area contributed by atoms with E-state index in [0.29, 0.717) is 36.8 Å². The third-order valence-corrected chi connectivity index (χ3v) is 6.22. The lowest BCUT2D eigenvalue weighted by Crippen LogP contribution is -2.31. The number of fused-ring (bicyclic) bond motifs is 1. The molecule has 8 nitrogen and oxygen atoms in total. The molecule has 1 atom stereocenters. The van der Waals surface area contributed by atoms with E-state index in [2.05, 4.69) is 28.9 Å². The summed E-state index contributed by atoms with van der Waals surface area (Å²) in [6.45, 7) is 6.89. The summed E-state index contributed by atoms with van der Waals surface area (Å²) in [5, 5.41) is 0. The Morgan fingerprint density at radius 1 is 1.16 bits per heavy atom. The average molecular weight is 426 g/mol. The van der Waals surface area contributed by atoms with E-state index in [1.165, 1.54) is 5.56 Å². The predicted octanol–water partition coefficient (Wildman–Crippen LogP) is 3.05. The quantitative estimate of drug-likeness (QED) is 0.600. The molecular weight excluding hydrogens is 394 g/mol. The van der Waals surface area contributed by atoms with E-state index < -0.39 is 0 Å². The highest BCUT2D eigenvalue weighted by Gasteiger charge is 2.28. The molecule has 0 unspecified atom stereocenters. The van der Waals surface area contributed by atoms with Crippen molar-refractivity contribution in [2.24, 2.45) is 0 Å². The van der Waals surface area contributed by atoms with Crippen LogP contribution < -0.4 is 16.0 Å². The number of aryl methyl sites for hydroxylation is 2. The summed E-state index contributed by atoms with van der Waals surface area (Å²) in [6.07, 6.45) is 4.03. The number of methoxy groups -OCH3 is 1. The monoisotopic (exact) mass is 425 g/mol. The minimum Gasteiger partial charge on any atom is -0.497 e. The van der Waals surface area contributed by atoms with E-state index in [9.17, 15) is 9.59 Å². The van der Waals surface area contributed by atoms with E-state index in [0.717, 1.165) is 43.8 Å². The lowest BCUT2D eigenvalue weighted by Gasteiger charge is -2.24. The summed E-state index contributed by atoms with van der Waals surface area (Å²) >= 11 is 0. The van der Waals surface area contributed by atoms with Gasteiger partial charge in [-0.15, -0.1) is 0 Å². The number of ether oxygens (including phenoxy) is 1. The molecular formula is C23H31N5O3. The van der Waals surface area contributed by atoms with Crippen LogP contribution in [0.5, 0.6) is 5.75 Å². The Morgan fingerprint density at radius 3 is 2.61 bits per heavy atom. The minimum atomic E-state index is -0.379. The first-order valence-electron chi connectivity index (χ1n) is 11.2. The molecule has 1 N–H and O–H groups in total. The summed E-state index contributed by atoms with van der Waals surface area (Å²) in [5.74, 6) is 1.68. The highest BCUT2D eigenvalue weighted by molar-refractivity contribution is 5.71. The molecule has 3 aromatic rings. The van der Waals surface area contributed by atoms with Gasteiger partial charge < -0.3 is 9.30 Å². The van der Waals surface area contributed by atoms with Crippen molar-refractivity contribution in [1.82, 2.24) is 24.0 Å². The largest absolute Gasteiger partial charge is 0.497 e. The fraction of sp³-hybridized carbons (Fsp3) is 0.522. The molecule has 1 aliphatic rings. The molecule has 4 rings (SSSR count). The van der Waals surface area contributed by atoms with Crippen LogP contribution in [0.4, 0.5) is 0 Å². The van der Waals surface area contributed by atoms with E-state index in [1.54, 1.807) is 11.7 Å². The van der Waals surface area contributed by atoms with Crippen LogP contribution in [0.3, 0.4) is 0 Å².